The number of hydrogen-bond acceptors (Lipinski definition) is 5. The topological polar surface area (TPSA) is 82.7 Å². The zero-order valence-electron chi connectivity index (χ0n) is 20.5. The van der Waals surface area contributed by atoms with Crippen LogP contribution in [0, 0.1) is 5.92 Å². The third-order valence-corrected chi connectivity index (χ3v) is 4.78. The fourth-order valence-corrected chi connectivity index (χ4v) is 3.07. The smallest absolute Gasteiger partial charge is 0.550 e. The first-order valence-corrected chi connectivity index (χ1v) is 11.6. The molecule has 0 saturated heterocycles. The second kappa shape index (κ2) is 19.2. The van der Waals surface area contributed by atoms with Crippen molar-refractivity contribution < 1.29 is 70.8 Å². The monoisotopic (exact) mass is 498 g/mol. The van der Waals surface area contributed by atoms with Crippen LogP contribution in [0.4, 0.5) is 11.4 Å². The fraction of sp³-hybridized carbons (Fsp3) is 0.440. The van der Waals surface area contributed by atoms with Crippen LogP contribution in [-0.4, -0.2) is 24.3 Å². The van der Waals surface area contributed by atoms with E-state index in [1.165, 1.54) is 0 Å². The second-order valence-electron chi connectivity index (χ2n) is 7.06. The summed E-state index contributed by atoms with van der Waals surface area (Å²) in [7, 11) is 0. The Kier molecular flexibility index (Phi) is 18.5. The maximum Gasteiger partial charge on any atom is 1.00 e. The van der Waals surface area contributed by atoms with E-state index in [9.17, 15) is 9.90 Å². The Balaban J connectivity index is 0.000000794. The number of nitrogens with one attached hydrogen (secondary N) is 2. The number of rotatable bonds is 11. The van der Waals surface area contributed by atoms with Gasteiger partial charge in [0.1, 0.15) is 11.5 Å². The number of hydrogen-bond donors (Lipinski definition) is 2. The van der Waals surface area contributed by atoms with Gasteiger partial charge in [0.05, 0.1) is 13.2 Å². The van der Waals surface area contributed by atoms with E-state index in [-0.39, 0.29) is 57.3 Å². The number of carboxylic acid groups (broad SMARTS) is 1. The fourth-order valence-electron chi connectivity index (χ4n) is 2.83. The molecule has 0 aromatic heterocycles. The van der Waals surface area contributed by atoms with Crippen LogP contribution in [0.2, 0.25) is 0 Å². The zero-order valence-corrected chi connectivity index (χ0v) is 24.4. The third kappa shape index (κ3) is 14.0. The molecule has 0 aliphatic carbocycles. The minimum atomic E-state index is -0.893. The summed E-state index contributed by atoms with van der Waals surface area (Å²) in [5, 5.41) is 17.1. The van der Waals surface area contributed by atoms with E-state index in [0.29, 0.717) is 24.7 Å². The first kappa shape index (κ1) is 31.8. The van der Waals surface area contributed by atoms with E-state index in [1.54, 1.807) is 0 Å². The number of carboxylic acids is 1. The largest absolute Gasteiger partial charge is 1.00 e. The predicted octanol–water partition coefficient (Wildman–Crippen LogP) is 2.25. The van der Waals surface area contributed by atoms with Gasteiger partial charge in [-0.05, 0) is 93.4 Å². The molecular formula is C25H35KN2O4S. The summed E-state index contributed by atoms with van der Waals surface area (Å²) in [4.78, 5) is 10.3. The summed E-state index contributed by atoms with van der Waals surface area (Å²) < 4.78 is 10.8. The van der Waals surface area contributed by atoms with Gasteiger partial charge in [0.15, 0.2) is 5.11 Å². The quantitative estimate of drug-likeness (QED) is 0.363. The molecule has 0 radical (unpaired) electrons. The van der Waals surface area contributed by atoms with Crippen molar-refractivity contribution >= 4 is 34.7 Å². The van der Waals surface area contributed by atoms with E-state index in [2.05, 4.69) is 17.6 Å². The molecule has 6 nitrogen and oxygen atoms in total. The van der Waals surface area contributed by atoms with Crippen molar-refractivity contribution in [1.29, 1.82) is 0 Å². The Morgan fingerprint density at radius 1 is 0.879 bits per heavy atom. The molecule has 0 heterocycles. The number of thiocarbonyl (C=S) groups is 1. The summed E-state index contributed by atoms with van der Waals surface area (Å²) in [6.07, 6.45) is 3.52. The molecule has 2 aromatic carbocycles. The normalized spacial score (nSPS) is 10.5. The standard InChI is InChI=1S/C17H20N2O2S.C8H16O2.K/c1-3-20-15-9-5-13(6-10-15)18-17(22)19-14-7-11-16(12-8-14)21-4-2;1-3-5-6-7(4-2)8(9)10;/h5-12H,3-4H2,1-2H3,(H2,18,19,22);7H,3-6H2,1-2H3,(H,9,10);/q;;+1/p-1. The molecule has 176 valence electrons. The van der Waals surface area contributed by atoms with Crippen molar-refractivity contribution in [2.45, 2.75) is 53.4 Å². The Morgan fingerprint density at radius 2 is 1.30 bits per heavy atom. The van der Waals surface area contributed by atoms with E-state index in [1.807, 2.05) is 69.3 Å². The van der Waals surface area contributed by atoms with Gasteiger partial charge >= 0.3 is 51.4 Å². The molecule has 2 N–H and O–H groups in total. The van der Waals surface area contributed by atoms with Crippen LogP contribution in [0.5, 0.6) is 11.5 Å². The maximum atomic E-state index is 10.3. The average Bonchev–Trinajstić information content (AvgIpc) is 2.78. The third-order valence-electron chi connectivity index (χ3n) is 4.58. The Hall–Kier alpha value is -1.16. The van der Waals surface area contributed by atoms with E-state index in [4.69, 9.17) is 21.7 Å². The molecule has 0 amide bonds. The molecule has 0 aliphatic heterocycles. The molecule has 0 fully saturated rings. The van der Waals surface area contributed by atoms with Gasteiger partial charge in [0.25, 0.3) is 0 Å². The predicted molar refractivity (Wildman–Crippen MR) is 133 cm³/mol. The molecule has 8 heteroatoms. The molecule has 0 aliphatic rings. The van der Waals surface area contributed by atoms with Crippen LogP contribution < -0.4 is 76.6 Å². The van der Waals surface area contributed by atoms with Crippen molar-refractivity contribution in [2.75, 3.05) is 23.8 Å². The SMILES string of the molecule is CCCCC(CC)C(=O)[O-].CCOc1ccc(NC(=S)Nc2ccc(OCC)cc2)cc1.[K+]. The average molecular weight is 499 g/mol. The Labute approximate surface area is 246 Å². The molecule has 0 saturated carbocycles. The number of aliphatic carboxylic acids is 1. The van der Waals surface area contributed by atoms with Gasteiger partial charge in [0.2, 0.25) is 0 Å². The van der Waals surface area contributed by atoms with Gasteiger partial charge in [-0.3, -0.25) is 0 Å². The first-order chi connectivity index (χ1) is 15.4. The van der Waals surface area contributed by atoms with Crippen molar-refractivity contribution in [1.82, 2.24) is 0 Å². The van der Waals surface area contributed by atoms with Gasteiger partial charge in [0, 0.05) is 17.3 Å². The van der Waals surface area contributed by atoms with E-state index >= 15 is 0 Å². The van der Waals surface area contributed by atoms with Crippen LogP contribution >= 0.6 is 12.2 Å². The van der Waals surface area contributed by atoms with E-state index < -0.39 is 5.97 Å². The molecule has 0 bridgehead atoms. The number of carbonyl (C=O) groups excluding carboxylic acids is 1. The maximum absolute atomic E-state index is 10.3. The van der Waals surface area contributed by atoms with Gasteiger partial charge in [-0.15, -0.1) is 0 Å². The van der Waals surface area contributed by atoms with E-state index in [0.717, 1.165) is 42.1 Å². The van der Waals surface area contributed by atoms with Crippen LogP contribution in [0.25, 0.3) is 0 Å². The molecule has 1 unspecified atom stereocenters. The van der Waals surface area contributed by atoms with Gasteiger partial charge in [-0.1, -0.05) is 26.7 Å². The number of carbonyl (C=O) groups is 1. The molecule has 0 spiro atoms. The summed E-state index contributed by atoms with van der Waals surface area (Å²) in [5.74, 6) is 0.577. The van der Waals surface area contributed by atoms with Crippen LogP contribution in [0.3, 0.4) is 0 Å². The van der Waals surface area contributed by atoms with Crippen LogP contribution in [0.15, 0.2) is 48.5 Å². The number of unbranched alkanes of at least 4 members (excludes halogenated alkanes) is 1. The summed E-state index contributed by atoms with van der Waals surface area (Å²) in [6.45, 7) is 9.18. The Morgan fingerprint density at radius 3 is 1.61 bits per heavy atom. The first-order valence-electron chi connectivity index (χ1n) is 11.2. The van der Waals surface area contributed by atoms with Crippen LogP contribution in [-0.2, 0) is 4.79 Å². The van der Waals surface area contributed by atoms with Crippen molar-refractivity contribution in [3.05, 3.63) is 48.5 Å². The van der Waals surface area contributed by atoms with Gasteiger partial charge in [-0.2, -0.15) is 0 Å². The van der Waals surface area contributed by atoms with Gasteiger partial charge in [-0.25, -0.2) is 0 Å². The number of anilines is 2. The van der Waals surface area contributed by atoms with Crippen LogP contribution in [0.1, 0.15) is 53.4 Å². The molecule has 2 rings (SSSR count). The van der Waals surface area contributed by atoms with Crippen molar-refractivity contribution in [3.8, 4) is 11.5 Å². The van der Waals surface area contributed by atoms with Gasteiger partial charge < -0.3 is 30.0 Å². The molecule has 1 atom stereocenters. The second-order valence-corrected chi connectivity index (χ2v) is 7.47. The number of ether oxygens (including phenoxy) is 2. The summed E-state index contributed by atoms with van der Waals surface area (Å²) >= 11 is 5.30. The summed E-state index contributed by atoms with van der Waals surface area (Å²) in [6, 6.07) is 15.3. The number of benzene rings is 2. The molecular weight excluding hydrogens is 463 g/mol. The van der Waals surface area contributed by atoms with Crippen molar-refractivity contribution in [2.24, 2.45) is 5.92 Å². The Bertz CT molecular complexity index is 748. The molecule has 2 aromatic rings. The minimum absolute atomic E-state index is 0. The molecule has 33 heavy (non-hydrogen) atoms. The van der Waals surface area contributed by atoms with Crippen molar-refractivity contribution in [3.63, 3.8) is 0 Å². The zero-order chi connectivity index (χ0) is 23.8. The summed E-state index contributed by atoms with van der Waals surface area (Å²) in [5.41, 5.74) is 1.82. The minimum Gasteiger partial charge on any atom is -0.550 e.